The van der Waals surface area contributed by atoms with Crippen LogP contribution in [0.5, 0.6) is 0 Å². The van der Waals surface area contributed by atoms with Crippen molar-refractivity contribution < 1.29 is 4.79 Å². The summed E-state index contributed by atoms with van der Waals surface area (Å²) in [6.45, 7) is 4.32. The molecule has 0 aromatic carbocycles. The van der Waals surface area contributed by atoms with E-state index < -0.39 is 0 Å². The lowest BCUT2D eigenvalue weighted by molar-refractivity contribution is -0.131. The summed E-state index contributed by atoms with van der Waals surface area (Å²) in [6.07, 6.45) is 5.89. The van der Waals surface area contributed by atoms with Gasteiger partial charge in [0.1, 0.15) is 6.04 Å². The molecule has 3 heterocycles. The van der Waals surface area contributed by atoms with Crippen molar-refractivity contribution in [1.29, 1.82) is 0 Å². The summed E-state index contributed by atoms with van der Waals surface area (Å²) in [6, 6.07) is 3.87. The molecule has 2 aliphatic heterocycles. The Hall–Kier alpha value is -1.62. The van der Waals surface area contributed by atoms with Crippen LogP contribution in [-0.4, -0.2) is 54.6 Å². The maximum Gasteiger partial charge on any atom is 0.246 e. The molecule has 2 aliphatic rings. The third-order valence-corrected chi connectivity index (χ3v) is 3.92. The van der Waals surface area contributed by atoms with Crippen LogP contribution in [0.2, 0.25) is 0 Å². The average molecular weight is 260 g/mol. The standard InChI is InChI=1S/C14H20N4O/c19-14(17-7-1-2-8-17)13-11-16-6-9-18(13)12-4-3-5-15-10-12/h3-5,10,13,16H,1-2,6-9,11H2. The molecule has 5 nitrogen and oxygen atoms in total. The number of nitrogens with zero attached hydrogens (tertiary/aromatic N) is 3. The largest absolute Gasteiger partial charge is 0.356 e. The number of anilines is 1. The molecule has 1 amide bonds. The van der Waals surface area contributed by atoms with E-state index in [-0.39, 0.29) is 11.9 Å². The number of aromatic nitrogens is 1. The highest BCUT2D eigenvalue weighted by Gasteiger charge is 2.33. The van der Waals surface area contributed by atoms with E-state index in [0.717, 1.165) is 51.3 Å². The van der Waals surface area contributed by atoms with Gasteiger partial charge in [-0.2, -0.15) is 0 Å². The molecule has 102 valence electrons. The Labute approximate surface area is 113 Å². The summed E-state index contributed by atoms with van der Waals surface area (Å²) in [5, 5.41) is 3.33. The molecular formula is C14H20N4O. The van der Waals surface area contributed by atoms with E-state index in [1.807, 2.05) is 23.2 Å². The van der Waals surface area contributed by atoms with Gasteiger partial charge in [-0.05, 0) is 25.0 Å². The van der Waals surface area contributed by atoms with Crippen molar-refractivity contribution in [3.63, 3.8) is 0 Å². The number of pyridine rings is 1. The summed E-state index contributed by atoms with van der Waals surface area (Å²) in [7, 11) is 0. The molecule has 2 saturated heterocycles. The Morgan fingerprint density at radius 1 is 1.32 bits per heavy atom. The normalized spacial score (nSPS) is 23.7. The summed E-state index contributed by atoms with van der Waals surface area (Å²) in [4.78, 5) is 21.0. The number of nitrogens with one attached hydrogen (secondary N) is 1. The lowest BCUT2D eigenvalue weighted by Crippen LogP contribution is -2.58. The molecule has 1 atom stereocenters. The Morgan fingerprint density at radius 2 is 2.16 bits per heavy atom. The minimum atomic E-state index is -0.0870. The van der Waals surface area contributed by atoms with Gasteiger partial charge in [0, 0.05) is 38.9 Å². The van der Waals surface area contributed by atoms with Crippen molar-refractivity contribution in [3.05, 3.63) is 24.5 Å². The number of carbonyl (C=O) groups is 1. The lowest BCUT2D eigenvalue weighted by Gasteiger charge is -2.38. The maximum atomic E-state index is 12.6. The SMILES string of the molecule is O=C(C1CNCCN1c1cccnc1)N1CCCC1. The number of hydrogen-bond donors (Lipinski definition) is 1. The second-order valence-electron chi connectivity index (χ2n) is 5.16. The van der Waals surface area contributed by atoms with E-state index in [2.05, 4.69) is 15.2 Å². The third kappa shape index (κ3) is 2.56. The number of rotatable bonds is 2. The molecule has 1 unspecified atom stereocenters. The molecule has 1 aromatic heterocycles. The molecule has 0 aliphatic carbocycles. The minimum Gasteiger partial charge on any atom is -0.356 e. The predicted octanol–water partition coefficient (Wildman–Crippen LogP) is 0.482. The first-order chi connectivity index (χ1) is 9.36. The van der Waals surface area contributed by atoms with Gasteiger partial charge in [-0.3, -0.25) is 9.78 Å². The fraction of sp³-hybridized carbons (Fsp3) is 0.571. The summed E-state index contributed by atoms with van der Waals surface area (Å²) in [5.41, 5.74) is 1.04. The van der Waals surface area contributed by atoms with Crippen molar-refractivity contribution in [2.45, 2.75) is 18.9 Å². The van der Waals surface area contributed by atoms with Crippen molar-refractivity contribution in [1.82, 2.24) is 15.2 Å². The van der Waals surface area contributed by atoms with Crippen LogP contribution in [0.3, 0.4) is 0 Å². The minimum absolute atomic E-state index is 0.0870. The molecule has 1 N–H and O–H groups in total. The Bertz CT molecular complexity index is 430. The van der Waals surface area contributed by atoms with Crippen molar-refractivity contribution in [2.24, 2.45) is 0 Å². The second kappa shape index (κ2) is 5.57. The topological polar surface area (TPSA) is 48.5 Å². The van der Waals surface area contributed by atoms with E-state index >= 15 is 0 Å². The van der Waals surface area contributed by atoms with Gasteiger partial charge in [-0.1, -0.05) is 0 Å². The van der Waals surface area contributed by atoms with E-state index in [1.165, 1.54) is 0 Å². The molecule has 19 heavy (non-hydrogen) atoms. The van der Waals surface area contributed by atoms with E-state index in [4.69, 9.17) is 0 Å². The molecule has 0 radical (unpaired) electrons. The van der Waals surface area contributed by atoms with Crippen LogP contribution in [0.4, 0.5) is 5.69 Å². The number of carbonyl (C=O) groups excluding carboxylic acids is 1. The van der Waals surface area contributed by atoms with Crippen LogP contribution in [0.15, 0.2) is 24.5 Å². The molecule has 5 heteroatoms. The highest BCUT2D eigenvalue weighted by molar-refractivity contribution is 5.86. The van der Waals surface area contributed by atoms with Crippen molar-refractivity contribution >= 4 is 11.6 Å². The molecule has 2 fully saturated rings. The number of piperazine rings is 1. The van der Waals surface area contributed by atoms with Gasteiger partial charge < -0.3 is 15.1 Å². The fourth-order valence-corrected chi connectivity index (χ4v) is 2.91. The van der Waals surface area contributed by atoms with Crippen LogP contribution < -0.4 is 10.2 Å². The van der Waals surface area contributed by atoms with Crippen LogP contribution in [0, 0.1) is 0 Å². The highest BCUT2D eigenvalue weighted by Crippen LogP contribution is 2.19. The first-order valence-corrected chi connectivity index (χ1v) is 7.02. The van der Waals surface area contributed by atoms with Crippen molar-refractivity contribution in [2.75, 3.05) is 37.6 Å². The first-order valence-electron chi connectivity index (χ1n) is 7.02. The Kier molecular flexibility index (Phi) is 3.64. The number of hydrogen-bond acceptors (Lipinski definition) is 4. The molecular weight excluding hydrogens is 240 g/mol. The van der Waals surface area contributed by atoms with Gasteiger partial charge in [0.15, 0.2) is 0 Å². The zero-order valence-corrected chi connectivity index (χ0v) is 11.1. The van der Waals surface area contributed by atoms with E-state index in [9.17, 15) is 4.79 Å². The van der Waals surface area contributed by atoms with Crippen LogP contribution in [-0.2, 0) is 4.79 Å². The predicted molar refractivity (Wildman–Crippen MR) is 74.1 cm³/mol. The molecule has 3 rings (SSSR count). The van der Waals surface area contributed by atoms with Crippen molar-refractivity contribution in [3.8, 4) is 0 Å². The van der Waals surface area contributed by atoms with E-state index in [1.54, 1.807) is 6.20 Å². The van der Waals surface area contributed by atoms with E-state index in [0.29, 0.717) is 0 Å². The molecule has 0 spiro atoms. The zero-order chi connectivity index (χ0) is 13.1. The smallest absolute Gasteiger partial charge is 0.246 e. The maximum absolute atomic E-state index is 12.6. The lowest BCUT2D eigenvalue weighted by atomic mass is 10.1. The van der Waals surface area contributed by atoms with Crippen LogP contribution in [0.25, 0.3) is 0 Å². The first kappa shape index (κ1) is 12.4. The van der Waals surface area contributed by atoms with Gasteiger partial charge >= 0.3 is 0 Å². The quantitative estimate of drug-likeness (QED) is 0.840. The monoisotopic (exact) mass is 260 g/mol. The average Bonchev–Trinajstić information content (AvgIpc) is 3.02. The van der Waals surface area contributed by atoms with Gasteiger partial charge in [-0.15, -0.1) is 0 Å². The highest BCUT2D eigenvalue weighted by atomic mass is 16.2. The van der Waals surface area contributed by atoms with Gasteiger partial charge in [0.05, 0.1) is 11.9 Å². The summed E-state index contributed by atoms with van der Waals surface area (Å²) >= 11 is 0. The number of amides is 1. The van der Waals surface area contributed by atoms with Gasteiger partial charge in [0.2, 0.25) is 5.91 Å². The molecule has 0 bridgehead atoms. The zero-order valence-electron chi connectivity index (χ0n) is 11.1. The molecule has 1 aromatic rings. The number of likely N-dealkylation sites (tertiary alicyclic amines) is 1. The molecule has 0 saturated carbocycles. The van der Waals surface area contributed by atoms with Crippen LogP contribution >= 0.6 is 0 Å². The summed E-state index contributed by atoms with van der Waals surface area (Å²) < 4.78 is 0. The Morgan fingerprint density at radius 3 is 2.89 bits per heavy atom. The Balaban J connectivity index is 1.79. The van der Waals surface area contributed by atoms with Gasteiger partial charge in [0.25, 0.3) is 0 Å². The summed E-state index contributed by atoms with van der Waals surface area (Å²) in [5.74, 6) is 0.258. The van der Waals surface area contributed by atoms with Gasteiger partial charge in [-0.25, -0.2) is 0 Å². The third-order valence-electron chi connectivity index (χ3n) is 3.92. The fourth-order valence-electron chi connectivity index (χ4n) is 2.91. The second-order valence-corrected chi connectivity index (χ2v) is 5.16. The van der Waals surface area contributed by atoms with Crippen LogP contribution in [0.1, 0.15) is 12.8 Å².